The van der Waals surface area contributed by atoms with Gasteiger partial charge in [-0.15, -0.1) is 0 Å². The number of aromatic hydroxyl groups is 1. The molecule has 2 aliphatic rings. The van der Waals surface area contributed by atoms with Gasteiger partial charge in [0.25, 0.3) is 11.7 Å². The maximum atomic E-state index is 13.0. The zero-order chi connectivity index (χ0) is 21.3. The molecule has 2 aromatic carbocycles. The number of hydrogen-bond donors (Lipinski definition) is 2. The number of amides is 1. The lowest BCUT2D eigenvalue weighted by Crippen LogP contribution is -2.37. The maximum Gasteiger partial charge on any atom is 0.295 e. The van der Waals surface area contributed by atoms with E-state index in [1.807, 2.05) is 6.92 Å². The summed E-state index contributed by atoms with van der Waals surface area (Å²) >= 11 is 0. The van der Waals surface area contributed by atoms with E-state index in [-0.39, 0.29) is 23.1 Å². The van der Waals surface area contributed by atoms with Gasteiger partial charge in [0.05, 0.1) is 18.2 Å². The first-order chi connectivity index (χ1) is 14.5. The minimum atomic E-state index is -0.730. The molecule has 1 amide bonds. The van der Waals surface area contributed by atoms with Gasteiger partial charge in [-0.2, -0.15) is 0 Å². The van der Waals surface area contributed by atoms with E-state index in [1.54, 1.807) is 47.4 Å². The molecule has 0 radical (unpaired) electrons. The number of aliphatic hydroxyl groups excluding tert-OH is 1. The Morgan fingerprint density at radius 3 is 2.43 bits per heavy atom. The summed E-state index contributed by atoms with van der Waals surface area (Å²) in [5.41, 5.74) is 1.10. The Balaban J connectivity index is 1.83. The number of phenolic OH excluding ortho intramolecular Hbond substituents is 1. The molecule has 1 unspecified atom stereocenters. The molecule has 4 rings (SSSR count). The van der Waals surface area contributed by atoms with Crippen LogP contribution in [0, 0.1) is 0 Å². The number of carbonyl (C=O) groups is 2. The molecule has 1 atom stereocenters. The van der Waals surface area contributed by atoms with Crippen molar-refractivity contribution in [3.8, 4) is 11.5 Å². The van der Waals surface area contributed by atoms with Gasteiger partial charge < -0.3 is 19.8 Å². The third-order valence-electron chi connectivity index (χ3n) is 5.82. The first-order valence-corrected chi connectivity index (χ1v) is 10.3. The fourth-order valence-corrected chi connectivity index (χ4v) is 4.46. The number of phenols is 1. The molecule has 2 aromatic rings. The fourth-order valence-electron chi connectivity index (χ4n) is 4.46. The number of hydrogen-bond acceptors (Lipinski definition) is 5. The highest BCUT2D eigenvalue weighted by atomic mass is 16.5. The van der Waals surface area contributed by atoms with E-state index in [4.69, 9.17) is 4.74 Å². The number of benzene rings is 2. The SMILES string of the molecule is CCOc1ccc(/C(O)=C2/C(=O)C(=O)N(C3CCCC3)C2c2cccc(O)c2)cc1. The number of ketones is 1. The summed E-state index contributed by atoms with van der Waals surface area (Å²) in [7, 11) is 0. The molecule has 2 N–H and O–H groups in total. The Morgan fingerprint density at radius 1 is 1.10 bits per heavy atom. The van der Waals surface area contributed by atoms with Gasteiger partial charge in [-0.05, 0) is 61.7 Å². The van der Waals surface area contributed by atoms with E-state index in [2.05, 4.69) is 0 Å². The van der Waals surface area contributed by atoms with Crippen LogP contribution < -0.4 is 4.74 Å². The van der Waals surface area contributed by atoms with E-state index >= 15 is 0 Å². The molecular formula is C24H25NO5. The molecule has 2 fully saturated rings. The lowest BCUT2D eigenvalue weighted by molar-refractivity contribution is -0.141. The molecule has 1 aliphatic carbocycles. The van der Waals surface area contributed by atoms with Crippen molar-refractivity contribution in [1.82, 2.24) is 4.90 Å². The number of carbonyl (C=O) groups excluding carboxylic acids is 2. The summed E-state index contributed by atoms with van der Waals surface area (Å²) in [5, 5.41) is 21.1. The summed E-state index contributed by atoms with van der Waals surface area (Å²) in [6.07, 6.45) is 3.65. The van der Waals surface area contributed by atoms with Crippen molar-refractivity contribution >= 4 is 17.4 Å². The molecule has 0 aromatic heterocycles. The van der Waals surface area contributed by atoms with Crippen LogP contribution in [0.15, 0.2) is 54.1 Å². The first kappa shape index (κ1) is 20.0. The van der Waals surface area contributed by atoms with Crippen LogP contribution >= 0.6 is 0 Å². The molecule has 0 spiro atoms. The second-order valence-corrected chi connectivity index (χ2v) is 7.70. The lowest BCUT2D eigenvalue weighted by Gasteiger charge is -2.30. The third-order valence-corrected chi connectivity index (χ3v) is 5.82. The molecule has 1 aliphatic heterocycles. The Bertz CT molecular complexity index is 989. The number of aliphatic hydroxyl groups is 1. The van der Waals surface area contributed by atoms with Crippen molar-refractivity contribution in [3.63, 3.8) is 0 Å². The standard InChI is InChI=1S/C24H25NO5/c1-2-30-19-12-10-15(11-13-19)22(27)20-21(16-6-5-9-18(26)14-16)25(24(29)23(20)28)17-7-3-4-8-17/h5-6,9-14,17,21,26-27H,2-4,7-8H2,1H3/b22-20-. The van der Waals surface area contributed by atoms with Crippen LogP contribution in [0.4, 0.5) is 0 Å². The van der Waals surface area contributed by atoms with Crippen LogP contribution in [0.1, 0.15) is 49.8 Å². The minimum Gasteiger partial charge on any atom is -0.508 e. The van der Waals surface area contributed by atoms with E-state index < -0.39 is 17.7 Å². The second-order valence-electron chi connectivity index (χ2n) is 7.70. The predicted octanol–water partition coefficient (Wildman–Crippen LogP) is 4.16. The van der Waals surface area contributed by atoms with Crippen LogP contribution in [0.5, 0.6) is 11.5 Å². The van der Waals surface area contributed by atoms with Crippen molar-refractivity contribution < 1.29 is 24.5 Å². The minimum absolute atomic E-state index is 0.0468. The second kappa shape index (κ2) is 8.22. The van der Waals surface area contributed by atoms with E-state index in [0.717, 1.165) is 25.7 Å². The number of Topliss-reactive ketones (excluding diaryl/α,β-unsaturated/α-hetero) is 1. The predicted molar refractivity (Wildman–Crippen MR) is 112 cm³/mol. The van der Waals surface area contributed by atoms with Gasteiger partial charge in [0, 0.05) is 11.6 Å². The summed E-state index contributed by atoms with van der Waals surface area (Å²) < 4.78 is 5.44. The van der Waals surface area contributed by atoms with Gasteiger partial charge >= 0.3 is 0 Å². The van der Waals surface area contributed by atoms with Crippen molar-refractivity contribution in [2.24, 2.45) is 0 Å². The lowest BCUT2D eigenvalue weighted by atomic mass is 9.94. The van der Waals surface area contributed by atoms with Gasteiger partial charge in [-0.25, -0.2) is 0 Å². The summed E-state index contributed by atoms with van der Waals surface area (Å²) in [6.45, 7) is 2.41. The molecular weight excluding hydrogens is 382 g/mol. The third kappa shape index (κ3) is 3.54. The highest BCUT2D eigenvalue weighted by Crippen LogP contribution is 2.44. The number of ether oxygens (including phenoxy) is 1. The summed E-state index contributed by atoms with van der Waals surface area (Å²) in [5.74, 6) is -0.801. The van der Waals surface area contributed by atoms with Crippen molar-refractivity contribution in [2.45, 2.75) is 44.7 Å². The summed E-state index contributed by atoms with van der Waals surface area (Å²) in [4.78, 5) is 27.6. The Hall–Kier alpha value is -3.28. The fraction of sp³-hybridized carbons (Fsp3) is 0.333. The monoisotopic (exact) mass is 407 g/mol. The smallest absolute Gasteiger partial charge is 0.295 e. The molecule has 1 saturated carbocycles. The molecule has 6 heteroatoms. The van der Waals surface area contributed by atoms with Crippen molar-refractivity contribution in [1.29, 1.82) is 0 Å². The zero-order valence-corrected chi connectivity index (χ0v) is 16.9. The summed E-state index contributed by atoms with van der Waals surface area (Å²) in [6, 6.07) is 12.5. The van der Waals surface area contributed by atoms with E-state index in [0.29, 0.717) is 23.5 Å². The molecule has 30 heavy (non-hydrogen) atoms. The normalized spacial score (nSPS) is 21.4. The quantitative estimate of drug-likeness (QED) is 0.442. The van der Waals surface area contributed by atoms with Crippen LogP contribution in [-0.2, 0) is 9.59 Å². The highest BCUT2D eigenvalue weighted by molar-refractivity contribution is 6.46. The van der Waals surface area contributed by atoms with Crippen molar-refractivity contribution in [3.05, 3.63) is 65.2 Å². The topological polar surface area (TPSA) is 87.1 Å². The van der Waals surface area contributed by atoms with Crippen molar-refractivity contribution in [2.75, 3.05) is 6.61 Å². The Labute approximate surface area is 175 Å². The van der Waals surface area contributed by atoms with Gasteiger partial charge in [-0.3, -0.25) is 9.59 Å². The Kier molecular flexibility index (Phi) is 5.48. The highest BCUT2D eigenvalue weighted by Gasteiger charge is 2.49. The van der Waals surface area contributed by atoms with Crippen LogP contribution in [0.25, 0.3) is 5.76 Å². The van der Waals surface area contributed by atoms with Gasteiger partial charge in [0.15, 0.2) is 0 Å². The number of likely N-dealkylation sites (tertiary alicyclic amines) is 1. The molecule has 156 valence electrons. The van der Waals surface area contributed by atoms with Crippen LogP contribution in [0.3, 0.4) is 0 Å². The average molecular weight is 407 g/mol. The molecule has 6 nitrogen and oxygen atoms in total. The maximum absolute atomic E-state index is 13.0. The van der Waals surface area contributed by atoms with Gasteiger partial charge in [0.1, 0.15) is 17.3 Å². The average Bonchev–Trinajstić information content (AvgIpc) is 3.35. The number of nitrogens with zero attached hydrogens (tertiary/aromatic N) is 1. The number of rotatable bonds is 5. The van der Waals surface area contributed by atoms with E-state index in [1.165, 1.54) is 6.07 Å². The first-order valence-electron chi connectivity index (χ1n) is 10.3. The van der Waals surface area contributed by atoms with E-state index in [9.17, 15) is 19.8 Å². The zero-order valence-electron chi connectivity index (χ0n) is 16.9. The van der Waals surface area contributed by atoms with Crippen LogP contribution in [-0.4, -0.2) is 39.5 Å². The molecule has 1 saturated heterocycles. The molecule has 1 heterocycles. The Morgan fingerprint density at radius 2 is 1.80 bits per heavy atom. The molecule has 0 bridgehead atoms. The largest absolute Gasteiger partial charge is 0.508 e. The van der Waals surface area contributed by atoms with Gasteiger partial charge in [-0.1, -0.05) is 25.0 Å². The van der Waals surface area contributed by atoms with Gasteiger partial charge in [0.2, 0.25) is 0 Å². The van der Waals surface area contributed by atoms with Crippen LogP contribution in [0.2, 0.25) is 0 Å².